The van der Waals surface area contributed by atoms with Crippen molar-refractivity contribution in [1.29, 1.82) is 0 Å². The molecule has 0 unspecified atom stereocenters. The van der Waals surface area contributed by atoms with E-state index in [1.165, 1.54) is 0 Å². The van der Waals surface area contributed by atoms with Crippen molar-refractivity contribution in [2.75, 3.05) is 19.8 Å². The first-order valence-corrected chi connectivity index (χ1v) is 4.29. The molecule has 0 amide bonds. The summed E-state index contributed by atoms with van der Waals surface area (Å²) in [5, 5.41) is 32.2. The van der Waals surface area contributed by atoms with Gasteiger partial charge in [-0.1, -0.05) is 6.92 Å². The Labute approximate surface area is 86.3 Å². The highest BCUT2D eigenvalue weighted by molar-refractivity contribution is 4.51. The molecule has 4 N–H and O–H groups in total. The fraction of sp³-hybridized carbons (Fsp3) is 1.00. The molecule has 0 aromatic rings. The van der Waals surface area contributed by atoms with E-state index < -0.39 is 16.9 Å². The molecule has 0 saturated heterocycles. The second kappa shape index (κ2) is 8.91. The zero-order chi connectivity index (χ0) is 11.7. The Bertz CT molecular complexity index is 145. The maximum absolute atomic E-state index is 8.36. The second-order valence-corrected chi connectivity index (χ2v) is 2.60. The van der Waals surface area contributed by atoms with E-state index in [9.17, 15) is 0 Å². The van der Waals surface area contributed by atoms with Crippen LogP contribution in [0.1, 0.15) is 13.3 Å². The van der Waals surface area contributed by atoms with Gasteiger partial charge in [-0.15, -0.1) is 0 Å². The summed E-state index contributed by atoms with van der Waals surface area (Å²) in [4.78, 5) is 8.62. The van der Waals surface area contributed by atoms with E-state index in [-0.39, 0.29) is 13.2 Å². The van der Waals surface area contributed by atoms with Crippen molar-refractivity contribution >= 4 is 0 Å². The largest absolute Gasteiger partial charge is 0.379 e. The van der Waals surface area contributed by atoms with Crippen LogP contribution in [-0.2, 0) is 14.4 Å². The van der Waals surface area contributed by atoms with E-state index in [4.69, 9.17) is 25.6 Å². The van der Waals surface area contributed by atoms with Crippen molar-refractivity contribution in [3.63, 3.8) is 0 Å². The lowest BCUT2D eigenvalue weighted by Gasteiger charge is -2.18. The number of ether oxygens (including phenoxy) is 1. The summed E-state index contributed by atoms with van der Waals surface area (Å²) in [7, 11) is 0. The number of hydrogen-bond acceptors (Lipinski definition) is 9. The van der Waals surface area contributed by atoms with Gasteiger partial charge in [-0.3, -0.25) is 20.8 Å². The SMILES string of the molecule is CCCOC[C@@H](CON(O)O)ON(O)O. The van der Waals surface area contributed by atoms with E-state index in [0.717, 1.165) is 6.42 Å². The maximum atomic E-state index is 8.36. The predicted molar refractivity (Wildman–Crippen MR) is 42.8 cm³/mol. The van der Waals surface area contributed by atoms with Crippen LogP contribution in [0.3, 0.4) is 0 Å². The molecule has 0 rings (SSSR count). The van der Waals surface area contributed by atoms with Crippen molar-refractivity contribution < 1.29 is 35.2 Å². The van der Waals surface area contributed by atoms with Crippen molar-refractivity contribution in [2.45, 2.75) is 19.4 Å². The van der Waals surface area contributed by atoms with Gasteiger partial charge in [0.1, 0.15) is 12.7 Å². The van der Waals surface area contributed by atoms with Crippen LogP contribution in [0.4, 0.5) is 0 Å². The lowest BCUT2D eigenvalue weighted by Crippen LogP contribution is -2.34. The topological polar surface area (TPSA) is 115 Å². The fourth-order valence-corrected chi connectivity index (χ4v) is 0.751. The average molecular weight is 228 g/mol. The molecule has 0 fully saturated rings. The van der Waals surface area contributed by atoms with E-state index >= 15 is 0 Å². The Hall–Kier alpha value is -0.360. The first-order chi connectivity index (χ1) is 7.06. The molecule has 9 heteroatoms. The summed E-state index contributed by atoms with van der Waals surface area (Å²) in [5.74, 6) is 0. The Morgan fingerprint density at radius 2 is 1.73 bits per heavy atom. The van der Waals surface area contributed by atoms with Gasteiger partial charge in [0.15, 0.2) is 0 Å². The summed E-state index contributed by atoms with van der Waals surface area (Å²) in [6.45, 7) is 2.06. The molecule has 0 spiro atoms. The van der Waals surface area contributed by atoms with E-state index in [1.54, 1.807) is 0 Å². The summed E-state index contributed by atoms with van der Waals surface area (Å²) in [6.07, 6.45) is -0.0878. The Morgan fingerprint density at radius 1 is 1.07 bits per heavy atom. The van der Waals surface area contributed by atoms with Gasteiger partial charge in [0.25, 0.3) is 0 Å². The lowest BCUT2D eigenvalue weighted by atomic mass is 10.4. The second-order valence-electron chi connectivity index (χ2n) is 2.60. The molecular weight excluding hydrogens is 212 g/mol. The lowest BCUT2D eigenvalue weighted by molar-refractivity contribution is -0.528. The molecule has 0 aliphatic rings. The van der Waals surface area contributed by atoms with Gasteiger partial charge < -0.3 is 4.74 Å². The third-order valence-corrected chi connectivity index (χ3v) is 1.27. The fourth-order valence-electron chi connectivity index (χ4n) is 0.751. The van der Waals surface area contributed by atoms with Gasteiger partial charge >= 0.3 is 0 Å². The molecule has 0 aliphatic heterocycles. The van der Waals surface area contributed by atoms with Crippen molar-refractivity contribution in [3.8, 4) is 0 Å². The van der Waals surface area contributed by atoms with Crippen LogP contribution < -0.4 is 0 Å². The van der Waals surface area contributed by atoms with Crippen molar-refractivity contribution in [3.05, 3.63) is 0 Å². The quantitative estimate of drug-likeness (QED) is 0.314. The van der Waals surface area contributed by atoms with Crippen LogP contribution in [0, 0.1) is 0 Å². The van der Waals surface area contributed by atoms with Crippen LogP contribution in [0.5, 0.6) is 0 Å². The molecule has 0 saturated carbocycles. The summed E-state index contributed by atoms with van der Waals surface area (Å²) in [5.41, 5.74) is 0. The average Bonchev–Trinajstić information content (AvgIpc) is 2.13. The molecule has 0 bridgehead atoms. The zero-order valence-electron chi connectivity index (χ0n) is 8.31. The highest BCUT2D eigenvalue weighted by atomic mass is 17.1. The van der Waals surface area contributed by atoms with Crippen LogP contribution in [0.25, 0.3) is 0 Å². The monoisotopic (exact) mass is 228 g/mol. The van der Waals surface area contributed by atoms with Gasteiger partial charge in [0.05, 0.1) is 17.4 Å². The van der Waals surface area contributed by atoms with Gasteiger partial charge in [-0.05, 0) is 6.42 Å². The molecule has 0 heterocycles. The minimum Gasteiger partial charge on any atom is -0.379 e. The first kappa shape index (κ1) is 14.6. The van der Waals surface area contributed by atoms with Gasteiger partial charge in [0, 0.05) is 6.61 Å². The predicted octanol–water partition coefficient (Wildman–Crippen LogP) is -0.194. The molecule has 15 heavy (non-hydrogen) atoms. The maximum Gasteiger partial charge on any atom is 0.133 e. The van der Waals surface area contributed by atoms with Crippen LogP contribution in [0.15, 0.2) is 0 Å². The standard InChI is InChI=1S/C6H16N2O7/c1-2-3-13-4-6(15-8(11)12)5-14-7(9)10/h6,9-12H,2-5H2,1H3/t6-/m0/s1. The Balaban J connectivity index is 3.73. The van der Waals surface area contributed by atoms with Crippen LogP contribution >= 0.6 is 0 Å². The Morgan fingerprint density at radius 3 is 2.20 bits per heavy atom. The smallest absolute Gasteiger partial charge is 0.133 e. The molecule has 0 aromatic carbocycles. The molecular formula is C6H16N2O7. The third-order valence-electron chi connectivity index (χ3n) is 1.27. The normalized spacial score (nSPS) is 13.8. The van der Waals surface area contributed by atoms with Gasteiger partial charge in [-0.25, -0.2) is 9.68 Å². The minimum atomic E-state index is -0.881. The summed E-state index contributed by atoms with van der Waals surface area (Å²) in [6, 6.07) is 0. The molecule has 1 atom stereocenters. The number of rotatable bonds is 9. The Kier molecular flexibility index (Phi) is 8.70. The molecule has 9 nitrogen and oxygen atoms in total. The highest BCUT2D eigenvalue weighted by Gasteiger charge is 2.15. The number of hydrogen-bond donors (Lipinski definition) is 4. The highest BCUT2D eigenvalue weighted by Crippen LogP contribution is 1.98. The van der Waals surface area contributed by atoms with Crippen molar-refractivity contribution in [1.82, 2.24) is 10.8 Å². The van der Waals surface area contributed by atoms with E-state index in [2.05, 4.69) is 9.68 Å². The van der Waals surface area contributed by atoms with Gasteiger partial charge in [0.2, 0.25) is 0 Å². The first-order valence-electron chi connectivity index (χ1n) is 4.29. The van der Waals surface area contributed by atoms with E-state index in [1.807, 2.05) is 6.92 Å². The molecule has 0 aromatic heterocycles. The molecule has 92 valence electrons. The molecule has 0 aliphatic carbocycles. The van der Waals surface area contributed by atoms with Crippen LogP contribution in [0.2, 0.25) is 0 Å². The van der Waals surface area contributed by atoms with Crippen LogP contribution in [-0.4, -0.2) is 57.5 Å². The third kappa shape index (κ3) is 9.93. The molecule has 0 radical (unpaired) electrons. The zero-order valence-corrected chi connectivity index (χ0v) is 8.31. The van der Waals surface area contributed by atoms with Crippen molar-refractivity contribution in [2.24, 2.45) is 0 Å². The summed E-state index contributed by atoms with van der Waals surface area (Å²) >= 11 is 0. The number of nitrogens with zero attached hydrogens (tertiary/aromatic N) is 2. The van der Waals surface area contributed by atoms with E-state index in [0.29, 0.717) is 6.61 Å². The summed E-state index contributed by atoms with van der Waals surface area (Å²) < 4.78 is 5.04. The van der Waals surface area contributed by atoms with Gasteiger partial charge in [-0.2, -0.15) is 0 Å². The minimum absolute atomic E-state index is 0.0132.